The molecule has 0 unspecified atom stereocenters. The highest BCUT2D eigenvalue weighted by Crippen LogP contribution is 2.43. The first kappa shape index (κ1) is 32.4. The van der Waals surface area contributed by atoms with Crippen LogP contribution in [-0.4, -0.2) is 19.5 Å². The summed E-state index contributed by atoms with van der Waals surface area (Å²) in [5.74, 6) is 0.605. The van der Waals surface area contributed by atoms with Crippen molar-refractivity contribution in [3.8, 4) is 50.8 Å². The molecule has 270 valence electrons. The largest absolute Gasteiger partial charge is 0.455 e. The van der Waals surface area contributed by atoms with Gasteiger partial charge in [0, 0.05) is 60.1 Å². The van der Waals surface area contributed by atoms with E-state index in [1.807, 2.05) is 18.2 Å². The number of furan rings is 1. The van der Waals surface area contributed by atoms with Crippen LogP contribution in [-0.2, 0) is 0 Å². The number of hydrogen-bond donors (Lipinski definition) is 0. The van der Waals surface area contributed by atoms with E-state index in [1.165, 1.54) is 10.8 Å². The molecule has 0 bridgehead atoms. The molecule has 0 N–H and O–H groups in total. The zero-order valence-corrected chi connectivity index (χ0v) is 31.2. The second kappa shape index (κ2) is 12.8. The highest BCUT2D eigenvalue weighted by molar-refractivity contribution is 6.25. The van der Waals surface area contributed by atoms with E-state index in [4.69, 9.17) is 19.4 Å². The Balaban J connectivity index is 1.10. The molecule has 0 fully saturated rings. The zero-order valence-electron chi connectivity index (χ0n) is 31.2. The van der Waals surface area contributed by atoms with Gasteiger partial charge < -0.3 is 8.98 Å². The van der Waals surface area contributed by atoms with Crippen molar-refractivity contribution in [3.63, 3.8) is 0 Å². The van der Waals surface area contributed by atoms with Gasteiger partial charge >= 0.3 is 0 Å². The van der Waals surface area contributed by atoms with Crippen LogP contribution >= 0.6 is 0 Å². The van der Waals surface area contributed by atoms with Crippen LogP contribution in [0.3, 0.4) is 0 Å². The SMILES string of the molecule is c1ccc(-c2cc(-c3ccc4c(c3)c3ccccc3n4-c3ccccc3)nc(-c3cccc4c3oc3c4ccc4c(-c5ccccc5)nc5ccccc5c43)n2)cc1. The minimum Gasteiger partial charge on any atom is -0.455 e. The standard InChI is InChI=1S/C53H32N4O/c1-4-15-33(16-5-1)45-32-46(35-27-30-48-43(31-35)37-21-11-13-26-47(37)57(48)36-19-8-3-9-20-36)56-53(55-45)42-24-14-23-38-39-28-29-41-49(52(39)58-51(38)42)40-22-10-12-25-44(40)54-50(41)34-17-6-2-7-18-34/h1-32H. The van der Waals surface area contributed by atoms with Crippen LogP contribution in [0.25, 0.3) is 116 Å². The van der Waals surface area contributed by atoms with Gasteiger partial charge in [-0.15, -0.1) is 0 Å². The third-order valence-electron chi connectivity index (χ3n) is 11.4. The summed E-state index contributed by atoms with van der Waals surface area (Å²) in [6.07, 6.45) is 0. The number of hydrogen-bond acceptors (Lipinski definition) is 4. The highest BCUT2D eigenvalue weighted by atomic mass is 16.3. The lowest BCUT2D eigenvalue weighted by molar-refractivity contribution is 0.673. The minimum atomic E-state index is 0.605. The molecule has 5 nitrogen and oxygen atoms in total. The predicted molar refractivity (Wildman–Crippen MR) is 238 cm³/mol. The van der Waals surface area contributed by atoms with Gasteiger partial charge in [-0.05, 0) is 54.6 Å². The second-order valence-corrected chi connectivity index (χ2v) is 14.7. The van der Waals surface area contributed by atoms with Gasteiger partial charge in [-0.25, -0.2) is 15.0 Å². The molecule has 0 aliphatic carbocycles. The summed E-state index contributed by atoms with van der Waals surface area (Å²) in [6, 6.07) is 67.6. The molecule has 8 aromatic carbocycles. The van der Waals surface area contributed by atoms with Crippen molar-refractivity contribution in [2.24, 2.45) is 0 Å². The molecule has 0 radical (unpaired) electrons. The van der Waals surface area contributed by atoms with Gasteiger partial charge in [-0.1, -0.05) is 140 Å². The number of fused-ring (bicyclic) bond motifs is 10. The lowest BCUT2D eigenvalue weighted by atomic mass is 9.97. The molecule has 0 aliphatic rings. The smallest absolute Gasteiger partial charge is 0.164 e. The molecular formula is C53H32N4O. The van der Waals surface area contributed by atoms with Crippen molar-refractivity contribution in [3.05, 3.63) is 194 Å². The molecular weight excluding hydrogens is 709 g/mol. The van der Waals surface area contributed by atoms with Crippen LogP contribution in [0.5, 0.6) is 0 Å². The molecule has 4 aromatic heterocycles. The Hall–Kier alpha value is -7.89. The number of pyridine rings is 1. The molecule has 5 heteroatoms. The number of aromatic nitrogens is 4. The Morgan fingerprint density at radius 2 is 1.00 bits per heavy atom. The maximum Gasteiger partial charge on any atom is 0.164 e. The first-order valence-corrected chi connectivity index (χ1v) is 19.5. The summed E-state index contributed by atoms with van der Waals surface area (Å²) in [6.45, 7) is 0. The zero-order chi connectivity index (χ0) is 38.2. The van der Waals surface area contributed by atoms with E-state index in [9.17, 15) is 0 Å². The number of nitrogens with zero attached hydrogens (tertiary/aromatic N) is 4. The lowest BCUT2D eigenvalue weighted by Gasteiger charge is -2.11. The minimum absolute atomic E-state index is 0.605. The fraction of sp³-hybridized carbons (Fsp3) is 0. The third-order valence-corrected chi connectivity index (χ3v) is 11.4. The highest BCUT2D eigenvalue weighted by Gasteiger charge is 2.21. The molecule has 0 aliphatic heterocycles. The lowest BCUT2D eigenvalue weighted by Crippen LogP contribution is -1.96. The van der Waals surface area contributed by atoms with E-state index in [0.29, 0.717) is 5.82 Å². The van der Waals surface area contributed by atoms with Crippen molar-refractivity contribution in [1.29, 1.82) is 0 Å². The molecule has 0 spiro atoms. The first-order chi connectivity index (χ1) is 28.8. The van der Waals surface area contributed by atoms with E-state index in [1.54, 1.807) is 0 Å². The second-order valence-electron chi connectivity index (χ2n) is 14.7. The van der Waals surface area contributed by atoms with E-state index in [0.717, 1.165) is 99.7 Å². The van der Waals surface area contributed by atoms with Gasteiger partial charge in [-0.2, -0.15) is 0 Å². The fourth-order valence-electron chi connectivity index (χ4n) is 8.74. The van der Waals surface area contributed by atoms with Crippen LogP contribution in [0.1, 0.15) is 0 Å². The monoisotopic (exact) mass is 740 g/mol. The summed E-state index contributed by atoms with van der Waals surface area (Å²) >= 11 is 0. The quantitative estimate of drug-likeness (QED) is 0.165. The van der Waals surface area contributed by atoms with E-state index >= 15 is 0 Å². The van der Waals surface area contributed by atoms with Crippen molar-refractivity contribution >= 4 is 65.4 Å². The van der Waals surface area contributed by atoms with E-state index in [-0.39, 0.29) is 0 Å². The van der Waals surface area contributed by atoms with Crippen molar-refractivity contribution in [1.82, 2.24) is 19.5 Å². The van der Waals surface area contributed by atoms with Crippen LogP contribution in [0.4, 0.5) is 0 Å². The fourth-order valence-corrected chi connectivity index (χ4v) is 8.74. The average Bonchev–Trinajstić information content (AvgIpc) is 3.85. The molecule has 0 saturated heterocycles. The first-order valence-electron chi connectivity index (χ1n) is 19.5. The normalized spacial score (nSPS) is 11.8. The summed E-state index contributed by atoms with van der Waals surface area (Å²) < 4.78 is 9.42. The van der Waals surface area contributed by atoms with Crippen molar-refractivity contribution < 1.29 is 4.42 Å². The van der Waals surface area contributed by atoms with Crippen LogP contribution in [0, 0.1) is 0 Å². The van der Waals surface area contributed by atoms with Crippen LogP contribution < -0.4 is 0 Å². The topological polar surface area (TPSA) is 56.7 Å². The number of para-hydroxylation sites is 4. The van der Waals surface area contributed by atoms with Crippen molar-refractivity contribution in [2.75, 3.05) is 0 Å². The van der Waals surface area contributed by atoms with E-state index < -0.39 is 0 Å². The number of benzene rings is 8. The maximum absolute atomic E-state index is 7.08. The van der Waals surface area contributed by atoms with Gasteiger partial charge in [0.15, 0.2) is 5.82 Å². The van der Waals surface area contributed by atoms with Gasteiger partial charge in [-0.3, -0.25) is 0 Å². The Morgan fingerprint density at radius 1 is 0.379 bits per heavy atom. The Labute approximate surface area is 333 Å². The summed E-state index contributed by atoms with van der Waals surface area (Å²) in [5, 5.41) is 7.57. The van der Waals surface area contributed by atoms with Gasteiger partial charge in [0.1, 0.15) is 11.2 Å². The Bertz CT molecular complexity index is 3550. The molecule has 12 rings (SSSR count). The molecule has 0 saturated carbocycles. The van der Waals surface area contributed by atoms with Gasteiger partial charge in [0.05, 0.1) is 39.2 Å². The van der Waals surface area contributed by atoms with Gasteiger partial charge in [0.2, 0.25) is 0 Å². The van der Waals surface area contributed by atoms with Crippen molar-refractivity contribution in [2.45, 2.75) is 0 Å². The molecule has 0 amide bonds. The molecule has 12 aromatic rings. The average molecular weight is 741 g/mol. The summed E-state index contributed by atoms with van der Waals surface area (Å²) in [5.41, 5.74) is 12.5. The molecule has 0 atom stereocenters. The summed E-state index contributed by atoms with van der Waals surface area (Å²) in [4.78, 5) is 15.8. The van der Waals surface area contributed by atoms with Gasteiger partial charge in [0.25, 0.3) is 0 Å². The summed E-state index contributed by atoms with van der Waals surface area (Å²) in [7, 11) is 0. The van der Waals surface area contributed by atoms with Crippen LogP contribution in [0.2, 0.25) is 0 Å². The number of rotatable bonds is 5. The third kappa shape index (κ3) is 5.00. The predicted octanol–water partition coefficient (Wildman–Crippen LogP) is 13.8. The molecule has 58 heavy (non-hydrogen) atoms. The Morgan fingerprint density at radius 3 is 1.81 bits per heavy atom. The Kier molecular flexibility index (Phi) is 7.16. The molecule has 4 heterocycles. The van der Waals surface area contributed by atoms with E-state index in [2.05, 4.69) is 180 Å². The maximum atomic E-state index is 7.08. The van der Waals surface area contributed by atoms with Crippen LogP contribution in [0.15, 0.2) is 199 Å².